The van der Waals surface area contributed by atoms with Crippen LogP contribution in [0.25, 0.3) is 0 Å². The van der Waals surface area contributed by atoms with Crippen LogP contribution in [0.3, 0.4) is 0 Å². The summed E-state index contributed by atoms with van der Waals surface area (Å²) < 4.78 is 6.41. The summed E-state index contributed by atoms with van der Waals surface area (Å²) in [5.41, 5.74) is 1.92. The number of ether oxygens (including phenoxy) is 1. The standard InChI is InChI=1S/C20H21Cl2N3O2/c1-11-8-15-18(12(2)19(11)22)14(26)10-20(27-15)4-6-25(7-5-20)17-9-16(21)23-13(3)24-17/h8-9H,4-7,10H2,1-3H3. The van der Waals surface area contributed by atoms with Crippen molar-refractivity contribution in [2.45, 2.75) is 45.6 Å². The lowest BCUT2D eigenvalue weighted by molar-refractivity contribution is 0.0229. The van der Waals surface area contributed by atoms with Crippen molar-refractivity contribution in [2.24, 2.45) is 0 Å². The van der Waals surface area contributed by atoms with E-state index in [0.717, 1.165) is 42.9 Å². The van der Waals surface area contributed by atoms with E-state index in [1.165, 1.54) is 0 Å². The second-order valence-electron chi connectivity index (χ2n) is 7.47. The Labute approximate surface area is 168 Å². The highest BCUT2D eigenvalue weighted by Gasteiger charge is 2.44. The molecule has 1 saturated heterocycles. The molecule has 0 bridgehead atoms. The van der Waals surface area contributed by atoms with Crippen molar-refractivity contribution in [3.05, 3.63) is 44.8 Å². The number of halogens is 2. The van der Waals surface area contributed by atoms with Crippen molar-refractivity contribution in [2.75, 3.05) is 18.0 Å². The van der Waals surface area contributed by atoms with E-state index < -0.39 is 5.60 Å². The van der Waals surface area contributed by atoms with Crippen LogP contribution in [-0.4, -0.2) is 34.4 Å². The van der Waals surface area contributed by atoms with Crippen LogP contribution in [0.2, 0.25) is 10.2 Å². The quantitative estimate of drug-likeness (QED) is 0.642. The van der Waals surface area contributed by atoms with Crippen molar-refractivity contribution in [1.82, 2.24) is 9.97 Å². The number of Topliss-reactive ketones (excluding diaryl/α,β-unsaturated/α-hetero) is 1. The van der Waals surface area contributed by atoms with E-state index in [4.69, 9.17) is 27.9 Å². The summed E-state index contributed by atoms with van der Waals surface area (Å²) in [7, 11) is 0. The highest BCUT2D eigenvalue weighted by atomic mass is 35.5. The van der Waals surface area contributed by atoms with Gasteiger partial charge in [-0.25, -0.2) is 9.97 Å². The number of carbonyl (C=O) groups excluding carboxylic acids is 1. The fourth-order valence-corrected chi connectivity index (χ4v) is 4.47. The summed E-state index contributed by atoms with van der Waals surface area (Å²) in [6.45, 7) is 7.16. The molecule has 2 aromatic rings. The van der Waals surface area contributed by atoms with E-state index in [1.807, 2.05) is 26.8 Å². The van der Waals surface area contributed by atoms with Crippen molar-refractivity contribution in [3.8, 4) is 5.75 Å². The monoisotopic (exact) mass is 405 g/mol. The minimum atomic E-state index is -0.459. The third-order valence-corrected chi connectivity index (χ3v) is 6.30. The van der Waals surface area contributed by atoms with Gasteiger partial charge in [0.15, 0.2) is 5.78 Å². The Kier molecular flexibility index (Phi) is 4.55. The molecule has 27 heavy (non-hydrogen) atoms. The molecule has 0 N–H and O–H groups in total. The molecule has 4 rings (SSSR count). The van der Waals surface area contributed by atoms with Crippen LogP contribution in [0, 0.1) is 20.8 Å². The lowest BCUT2D eigenvalue weighted by Gasteiger charge is -2.44. The number of fused-ring (bicyclic) bond motifs is 1. The summed E-state index contributed by atoms with van der Waals surface area (Å²) in [6, 6.07) is 3.67. The van der Waals surface area contributed by atoms with Gasteiger partial charge in [0, 0.05) is 37.0 Å². The maximum Gasteiger partial charge on any atom is 0.170 e. The van der Waals surface area contributed by atoms with Crippen molar-refractivity contribution in [3.63, 3.8) is 0 Å². The van der Waals surface area contributed by atoms with Crippen LogP contribution < -0.4 is 9.64 Å². The van der Waals surface area contributed by atoms with Crippen LogP contribution in [0.4, 0.5) is 5.82 Å². The normalized spacial score (nSPS) is 18.4. The van der Waals surface area contributed by atoms with Gasteiger partial charge in [-0.15, -0.1) is 0 Å². The molecule has 0 unspecified atom stereocenters. The maximum atomic E-state index is 12.9. The number of rotatable bonds is 1. The number of piperidine rings is 1. The number of nitrogens with zero attached hydrogens (tertiary/aromatic N) is 3. The first kappa shape index (κ1) is 18.5. The molecule has 2 aliphatic rings. The topological polar surface area (TPSA) is 55.3 Å². The van der Waals surface area contributed by atoms with Gasteiger partial charge >= 0.3 is 0 Å². The smallest absolute Gasteiger partial charge is 0.170 e. The summed E-state index contributed by atoms with van der Waals surface area (Å²) >= 11 is 12.4. The molecule has 142 valence electrons. The Hall–Kier alpha value is -1.85. The van der Waals surface area contributed by atoms with Gasteiger partial charge in [-0.3, -0.25) is 4.79 Å². The van der Waals surface area contributed by atoms with Crippen LogP contribution >= 0.6 is 23.2 Å². The number of benzene rings is 1. The molecule has 7 heteroatoms. The summed E-state index contributed by atoms with van der Waals surface area (Å²) in [5.74, 6) is 2.26. The summed E-state index contributed by atoms with van der Waals surface area (Å²) in [4.78, 5) is 23.7. The molecule has 0 atom stereocenters. The fraction of sp³-hybridized carbons (Fsp3) is 0.450. The molecule has 1 fully saturated rings. The molecule has 2 aliphatic heterocycles. The van der Waals surface area contributed by atoms with E-state index in [2.05, 4.69) is 14.9 Å². The Bertz CT molecular complexity index is 917. The minimum Gasteiger partial charge on any atom is -0.486 e. The summed E-state index contributed by atoms with van der Waals surface area (Å²) in [6.07, 6.45) is 1.89. The van der Waals surface area contributed by atoms with E-state index >= 15 is 0 Å². The van der Waals surface area contributed by atoms with Crippen LogP contribution in [-0.2, 0) is 0 Å². The molecule has 5 nitrogen and oxygen atoms in total. The average Bonchev–Trinajstić information content (AvgIpc) is 2.59. The lowest BCUT2D eigenvalue weighted by atomic mass is 9.81. The number of hydrogen-bond acceptors (Lipinski definition) is 5. The molecular formula is C20H21Cl2N3O2. The Morgan fingerprint density at radius 2 is 1.81 bits per heavy atom. The molecule has 1 aromatic carbocycles. The SMILES string of the molecule is Cc1nc(Cl)cc(N2CCC3(CC2)CC(=O)c2c(cc(C)c(Cl)c2C)O3)n1. The maximum absolute atomic E-state index is 12.9. The van der Waals surface area contributed by atoms with Gasteiger partial charge in [0.05, 0.1) is 12.0 Å². The van der Waals surface area contributed by atoms with Gasteiger partial charge in [0.2, 0.25) is 0 Å². The third-order valence-electron chi connectivity index (χ3n) is 5.52. The molecule has 1 spiro atoms. The van der Waals surface area contributed by atoms with Crippen LogP contribution in [0.15, 0.2) is 12.1 Å². The lowest BCUT2D eigenvalue weighted by Crippen LogP contribution is -2.51. The molecule has 0 saturated carbocycles. The first-order valence-corrected chi connectivity index (χ1v) is 9.82. The number of anilines is 1. The zero-order valence-electron chi connectivity index (χ0n) is 15.6. The van der Waals surface area contributed by atoms with Gasteiger partial charge in [-0.05, 0) is 38.0 Å². The fourth-order valence-electron chi connectivity index (χ4n) is 4.10. The number of aryl methyl sites for hydroxylation is 2. The second-order valence-corrected chi connectivity index (χ2v) is 8.24. The predicted molar refractivity (Wildman–Crippen MR) is 106 cm³/mol. The molecule has 3 heterocycles. The van der Waals surface area contributed by atoms with E-state index in [0.29, 0.717) is 33.7 Å². The van der Waals surface area contributed by atoms with Crippen molar-refractivity contribution >= 4 is 34.8 Å². The molecule has 0 amide bonds. The van der Waals surface area contributed by atoms with Crippen molar-refractivity contribution in [1.29, 1.82) is 0 Å². The Morgan fingerprint density at radius 3 is 2.48 bits per heavy atom. The zero-order valence-corrected chi connectivity index (χ0v) is 17.1. The number of ketones is 1. The minimum absolute atomic E-state index is 0.116. The van der Waals surface area contributed by atoms with Gasteiger partial charge in [0.1, 0.15) is 28.1 Å². The third kappa shape index (κ3) is 3.27. The van der Waals surface area contributed by atoms with Crippen LogP contribution in [0.1, 0.15) is 46.6 Å². The second kappa shape index (κ2) is 6.64. The molecule has 1 aromatic heterocycles. The van der Waals surface area contributed by atoms with Gasteiger partial charge < -0.3 is 9.64 Å². The van der Waals surface area contributed by atoms with E-state index in [9.17, 15) is 4.79 Å². The largest absolute Gasteiger partial charge is 0.486 e. The van der Waals surface area contributed by atoms with Crippen molar-refractivity contribution < 1.29 is 9.53 Å². The van der Waals surface area contributed by atoms with Gasteiger partial charge in [-0.2, -0.15) is 0 Å². The van der Waals surface area contributed by atoms with E-state index in [-0.39, 0.29) is 5.78 Å². The molecule has 0 radical (unpaired) electrons. The molecular weight excluding hydrogens is 385 g/mol. The summed E-state index contributed by atoms with van der Waals surface area (Å²) in [5, 5.41) is 1.09. The number of hydrogen-bond donors (Lipinski definition) is 0. The van der Waals surface area contributed by atoms with E-state index in [1.54, 1.807) is 6.07 Å². The highest BCUT2D eigenvalue weighted by molar-refractivity contribution is 6.32. The predicted octanol–water partition coefficient (Wildman–Crippen LogP) is 4.71. The van der Waals surface area contributed by atoms with Gasteiger partial charge in [0.25, 0.3) is 0 Å². The van der Waals surface area contributed by atoms with Gasteiger partial charge in [-0.1, -0.05) is 23.2 Å². The zero-order chi connectivity index (χ0) is 19.3. The highest BCUT2D eigenvalue weighted by Crippen LogP contribution is 2.43. The molecule has 0 aliphatic carbocycles. The van der Waals surface area contributed by atoms with Crippen LogP contribution in [0.5, 0.6) is 5.75 Å². The number of aromatic nitrogens is 2. The Morgan fingerprint density at radius 1 is 1.11 bits per heavy atom. The first-order chi connectivity index (χ1) is 12.8. The first-order valence-electron chi connectivity index (χ1n) is 9.06. The Balaban J connectivity index is 1.58. The number of carbonyl (C=O) groups is 1. The average molecular weight is 406 g/mol.